The molecule has 0 N–H and O–H groups in total. The fourth-order valence-corrected chi connectivity index (χ4v) is 2.98. The van der Waals surface area contributed by atoms with Crippen LogP contribution in [0.4, 0.5) is 22.0 Å². The molecular weight excluding hydrogens is 293 g/mol. The van der Waals surface area contributed by atoms with Gasteiger partial charge in [-0.05, 0) is 6.07 Å². The van der Waals surface area contributed by atoms with E-state index in [1.54, 1.807) is 0 Å². The SMILES string of the molecule is Fc1cc2c(cc1F)OCN(C1C(F)CC(F)CC1F)C2. The molecule has 1 aliphatic heterocycles. The van der Waals surface area contributed by atoms with Gasteiger partial charge in [-0.1, -0.05) is 0 Å². The number of hydrogen-bond acceptors (Lipinski definition) is 2. The minimum absolute atomic E-state index is 0.0367. The third-order valence-electron chi connectivity index (χ3n) is 3.99. The molecule has 1 saturated carbocycles. The van der Waals surface area contributed by atoms with Gasteiger partial charge in [0.2, 0.25) is 0 Å². The van der Waals surface area contributed by atoms with E-state index in [4.69, 9.17) is 4.74 Å². The summed E-state index contributed by atoms with van der Waals surface area (Å²) in [4.78, 5) is 1.36. The number of benzene rings is 1. The summed E-state index contributed by atoms with van der Waals surface area (Å²) in [5, 5.41) is 0. The molecule has 0 bridgehead atoms. The van der Waals surface area contributed by atoms with Crippen LogP contribution in [0.3, 0.4) is 0 Å². The summed E-state index contributed by atoms with van der Waals surface area (Å²) in [6, 6.07) is 0.747. The summed E-state index contributed by atoms with van der Waals surface area (Å²) in [6.45, 7) is -0.102. The Morgan fingerprint density at radius 2 is 1.62 bits per heavy atom. The summed E-state index contributed by atoms with van der Waals surface area (Å²) in [7, 11) is 0. The van der Waals surface area contributed by atoms with Crippen molar-refractivity contribution in [1.29, 1.82) is 0 Å². The van der Waals surface area contributed by atoms with Crippen molar-refractivity contribution in [3.63, 3.8) is 0 Å². The number of ether oxygens (including phenoxy) is 1. The zero-order valence-corrected chi connectivity index (χ0v) is 11.0. The molecule has 0 aromatic heterocycles. The Morgan fingerprint density at radius 1 is 1.00 bits per heavy atom. The van der Waals surface area contributed by atoms with Crippen molar-refractivity contribution < 1.29 is 26.7 Å². The van der Waals surface area contributed by atoms with Crippen LogP contribution in [-0.4, -0.2) is 36.2 Å². The van der Waals surface area contributed by atoms with Crippen LogP contribution in [0.25, 0.3) is 0 Å². The topological polar surface area (TPSA) is 12.5 Å². The molecule has 0 spiro atoms. The first kappa shape index (κ1) is 14.6. The van der Waals surface area contributed by atoms with Crippen molar-refractivity contribution >= 4 is 0 Å². The van der Waals surface area contributed by atoms with Gasteiger partial charge in [-0.2, -0.15) is 0 Å². The summed E-state index contributed by atoms with van der Waals surface area (Å²) >= 11 is 0. The number of nitrogens with zero attached hydrogens (tertiary/aromatic N) is 1. The maximum absolute atomic E-state index is 13.9. The van der Waals surface area contributed by atoms with Crippen molar-refractivity contribution in [2.45, 2.75) is 43.9 Å². The summed E-state index contributed by atoms with van der Waals surface area (Å²) in [5.74, 6) is -1.91. The lowest BCUT2D eigenvalue weighted by molar-refractivity contribution is -0.0521. The molecule has 7 heteroatoms. The standard InChI is InChI=1S/C14H14F5NO/c15-8-2-11(18)14(12(19)3-8)20-5-7-1-9(16)10(17)4-13(7)21-6-20/h1,4,8,11-12,14H,2-3,5-6H2. The Kier molecular flexibility index (Phi) is 3.77. The molecule has 1 aromatic rings. The fraction of sp³-hybridized carbons (Fsp3) is 0.571. The second kappa shape index (κ2) is 5.44. The second-order valence-corrected chi connectivity index (χ2v) is 5.49. The Bertz CT molecular complexity index is 528. The van der Waals surface area contributed by atoms with E-state index in [0.29, 0.717) is 5.56 Å². The molecule has 2 aliphatic rings. The number of alkyl halides is 3. The van der Waals surface area contributed by atoms with Gasteiger partial charge in [0.05, 0.1) is 6.04 Å². The van der Waals surface area contributed by atoms with Gasteiger partial charge in [-0.25, -0.2) is 22.0 Å². The van der Waals surface area contributed by atoms with Gasteiger partial charge < -0.3 is 4.74 Å². The monoisotopic (exact) mass is 307 g/mol. The molecule has 0 radical (unpaired) electrons. The maximum atomic E-state index is 13.9. The zero-order chi connectivity index (χ0) is 15.1. The van der Waals surface area contributed by atoms with E-state index in [0.717, 1.165) is 12.1 Å². The smallest absolute Gasteiger partial charge is 0.162 e. The first-order chi connectivity index (χ1) is 9.95. The number of halogens is 5. The number of rotatable bonds is 1. The summed E-state index contributed by atoms with van der Waals surface area (Å²) in [5.41, 5.74) is 0.321. The first-order valence-corrected chi connectivity index (χ1v) is 6.72. The fourth-order valence-electron chi connectivity index (χ4n) is 2.98. The lowest BCUT2D eigenvalue weighted by Gasteiger charge is -2.41. The third kappa shape index (κ3) is 2.71. The van der Waals surface area contributed by atoms with E-state index in [1.165, 1.54) is 4.90 Å². The van der Waals surface area contributed by atoms with Gasteiger partial charge in [0.15, 0.2) is 11.6 Å². The predicted molar refractivity (Wildman–Crippen MR) is 65.1 cm³/mol. The van der Waals surface area contributed by atoms with Crippen LogP contribution in [0, 0.1) is 11.6 Å². The van der Waals surface area contributed by atoms with Crippen molar-refractivity contribution in [2.24, 2.45) is 0 Å². The minimum atomic E-state index is -1.65. The largest absolute Gasteiger partial charge is 0.478 e. The van der Waals surface area contributed by atoms with Gasteiger partial charge in [-0.15, -0.1) is 0 Å². The van der Waals surface area contributed by atoms with E-state index in [-0.39, 0.29) is 31.9 Å². The van der Waals surface area contributed by atoms with Crippen molar-refractivity contribution in [2.75, 3.05) is 6.73 Å². The highest BCUT2D eigenvalue weighted by molar-refractivity contribution is 5.36. The molecule has 116 valence electrons. The molecule has 0 amide bonds. The van der Waals surface area contributed by atoms with Crippen LogP contribution in [-0.2, 0) is 6.54 Å². The summed E-state index contributed by atoms with van der Waals surface area (Å²) in [6.07, 6.45) is -5.51. The molecule has 3 rings (SSSR count). The lowest BCUT2D eigenvalue weighted by atomic mass is 9.89. The average molecular weight is 307 g/mol. The Hall–Kier alpha value is -1.37. The second-order valence-electron chi connectivity index (χ2n) is 5.49. The van der Waals surface area contributed by atoms with E-state index < -0.39 is 36.2 Å². The molecular formula is C14H14F5NO. The molecule has 1 fully saturated rings. The molecule has 2 nitrogen and oxygen atoms in total. The Morgan fingerprint density at radius 3 is 2.29 bits per heavy atom. The van der Waals surface area contributed by atoms with Crippen LogP contribution in [0.5, 0.6) is 5.75 Å². The molecule has 1 aromatic carbocycles. The predicted octanol–water partition coefficient (Wildman–Crippen LogP) is 3.29. The minimum Gasteiger partial charge on any atom is -0.478 e. The molecule has 2 unspecified atom stereocenters. The van der Waals surface area contributed by atoms with E-state index >= 15 is 0 Å². The van der Waals surface area contributed by atoms with Crippen LogP contribution in [0.1, 0.15) is 18.4 Å². The molecule has 21 heavy (non-hydrogen) atoms. The molecule has 2 atom stereocenters. The van der Waals surface area contributed by atoms with E-state index in [2.05, 4.69) is 0 Å². The van der Waals surface area contributed by atoms with Crippen molar-refractivity contribution in [3.8, 4) is 5.75 Å². The van der Waals surface area contributed by atoms with Crippen molar-refractivity contribution in [1.82, 2.24) is 4.90 Å². The highest BCUT2D eigenvalue weighted by Gasteiger charge is 2.43. The molecule has 0 saturated heterocycles. The molecule has 1 heterocycles. The van der Waals surface area contributed by atoms with Gasteiger partial charge in [0.25, 0.3) is 0 Å². The van der Waals surface area contributed by atoms with Crippen LogP contribution in [0.15, 0.2) is 12.1 Å². The van der Waals surface area contributed by atoms with Gasteiger partial charge in [-0.3, -0.25) is 4.90 Å². The first-order valence-electron chi connectivity index (χ1n) is 6.72. The van der Waals surface area contributed by atoms with E-state index in [9.17, 15) is 22.0 Å². The summed E-state index contributed by atoms with van der Waals surface area (Å²) < 4.78 is 72.6. The number of fused-ring (bicyclic) bond motifs is 1. The Balaban J connectivity index is 1.81. The third-order valence-corrected chi connectivity index (χ3v) is 3.99. The van der Waals surface area contributed by atoms with E-state index in [1.807, 2.05) is 0 Å². The highest BCUT2D eigenvalue weighted by atomic mass is 19.2. The van der Waals surface area contributed by atoms with Crippen LogP contribution < -0.4 is 4.74 Å². The number of hydrogen-bond donors (Lipinski definition) is 0. The quantitative estimate of drug-likeness (QED) is 0.738. The van der Waals surface area contributed by atoms with Gasteiger partial charge in [0, 0.05) is 31.0 Å². The molecule has 1 aliphatic carbocycles. The lowest BCUT2D eigenvalue weighted by Crippen LogP contribution is -2.54. The average Bonchev–Trinajstić information content (AvgIpc) is 2.39. The zero-order valence-electron chi connectivity index (χ0n) is 11.0. The van der Waals surface area contributed by atoms with Gasteiger partial charge >= 0.3 is 0 Å². The normalized spacial score (nSPS) is 33.4. The van der Waals surface area contributed by atoms with Crippen molar-refractivity contribution in [3.05, 3.63) is 29.3 Å². The Labute approximate surface area is 118 Å². The van der Waals surface area contributed by atoms with Crippen LogP contribution >= 0.6 is 0 Å². The highest BCUT2D eigenvalue weighted by Crippen LogP contribution is 2.35. The van der Waals surface area contributed by atoms with Gasteiger partial charge in [0.1, 0.15) is 31.0 Å². The van der Waals surface area contributed by atoms with Crippen LogP contribution in [0.2, 0.25) is 0 Å². The maximum Gasteiger partial charge on any atom is 0.162 e.